The van der Waals surface area contributed by atoms with E-state index in [2.05, 4.69) is 10.6 Å². The summed E-state index contributed by atoms with van der Waals surface area (Å²) in [6.45, 7) is 4.70. The Kier molecular flexibility index (Phi) is 5.10. The average Bonchev–Trinajstić information content (AvgIpc) is 2.70. The van der Waals surface area contributed by atoms with Gasteiger partial charge in [0.05, 0.1) is 13.1 Å². The van der Waals surface area contributed by atoms with Crippen LogP contribution in [0.15, 0.2) is 0 Å². The van der Waals surface area contributed by atoms with Crippen molar-refractivity contribution < 1.29 is 9.59 Å². The average molecular weight is 213 g/mol. The number of nitrogens with zero attached hydrogens (tertiary/aromatic N) is 1. The maximum atomic E-state index is 11.5. The molecule has 1 aliphatic heterocycles. The summed E-state index contributed by atoms with van der Waals surface area (Å²) in [6, 6.07) is 0. The molecule has 5 heteroatoms. The van der Waals surface area contributed by atoms with Gasteiger partial charge in [0.15, 0.2) is 0 Å². The zero-order chi connectivity index (χ0) is 11.1. The van der Waals surface area contributed by atoms with Crippen LogP contribution in [0.4, 0.5) is 0 Å². The van der Waals surface area contributed by atoms with Crippen LogP contribution in [-0.4, -0.2) is 49.4 Å². The van der Waals surface area contributed by atoms with Crippen LogP contribution in [0.2, 0.25) is 0 Å². The summed E-state index contributed by atoms with van der Waals surface area (Å²) in [5, 5.41) is 5.51. The van der Waals surface area contributed by atoms with Crippen LogP contribution in [0.5, 0.6) is 0 Å². The highest BCUT2D eigenvalue weighted by molar-refractivity contribution is 5.81. The topological polar surface area (TPSA) is 61.4 Å². The van der Waals surface area contributed by atoms with Gasteiger partial charge >= 0.3 is 0 Å². The van der Waals surface area contributed by atoms with E-state index in [9.17, 15) is 9.59 Å². The van der Waals surface area contributed by atoms with Gasteiger partial charge in [-0.3, -0.25) is 14.9 Å². The van der Waals surface area contributed by atoms with Crippen molar-refractivity contribution in [3.05, 3.63) is 0 Å². The fraction of sp³-hybridized carbons (Fsp3) is 0.800. The zero-order valence-electron chi connectivity index (χ0n) is 9.21. The Labute approximate surface area is 90.2 Å². The summed E-state index contributed by atoms with van der Waals surface area (Å²) in [4.78, 5) is 24.4. The fourth-order valence-electron chi connectivity index (χ4n) is 1.62. The Morgan fingerprint density at radius 2 is 1.87 bits per heavy atom. The van der Waals surface area contributed by atoms with Crippen LogP contribution < -0.4 is 10.6 Å². The lowest BCUT2D eigenvalue weighted by atomic mass is 10.4. The lowest BCUT2D eigenvalue weighted by Gasteiger charge is -2.15. The number of carbonyl (C=O) groups excluding carboxylic acids is 2. The summed E-state index contributed by atoms with van der Waals surface area (Å²) < 4.78 is 0. The molecule has 2 N–H and O–H groups in total. The van der Waals surface area contributed by atoms with Gasteiger partial charge in [-0.2, -0.15) is 0 Å². The van der Waals surface area contributed by atoms with Gasteiger partial charge in [0.25, 0.3) is 0 Å². The number of likely N-dealkylation sites (N-methyl/N-ethyl adjacent to an activating group) is 1. The lowest BCUT2D eigenvalue weighted by molar-refractivity contribution is -0.129. The molecule has 1 rings (SSSR count). The predicted octanol–water partition coefficient (Wildman–Crippen LogP) is -0.665. The van der Waals surface area contributed by atoms with Crippen molar-refractivity contribution in [3.63, 3.8) is 0 Å². The maximum absolute atomic E-state index is 11.5. The number of likely N-dealkylation sites (tertiary alicyclic amines) is 1. The summed E-state index contributed by atoms with van der Waals surface area (Å²) in [7, 11) is 0. The van der Waals surface area contributed by atoms with Gasteiger partial charge in [0.2, 0.25) is 11.8 Å². The molecule has 0 aliphatic carbocycles. The van der Waals surface area contributed by atoms with E-state index in [4.69, 9.17) is 0 Å². The molecule has 1 heterocycles. The van der Waals surface area contributed by atoms with Gasteiger partial charge in [-0.1, -0.05) is 0 Å². The molecule has 15 heavy (non-hydrogen) atoms. The minimum atomic E-state index is -0.0632. The van der Waals surface area contributed by atoms with Crippen LogP contribution in [0.3, 0.4) is 0 Å². The minimum Gasteiger partial charge on any atom is -0.355 e. The van der Waals surface area contributed by atoms with Gasteiger partial charge in [0.1, 0.15) is 0 Å². The molecule has 0 bridgehead atoms. The number of amides is 2. The van der Waals surface area contributed by atoms with Gasteiger partial charge in [-0.15, -0.1) is 0 Å². The van der Waals surface area contributed by atoms with Gasteiger partial charge in [-0.25, -0.2) is 0 Å². The summed E-state index contributed by atoms with van der Waals surface area (Å²) in [5.41, 5.74) is 0. The quantitative estimate of drug-likeness (QED) is 0.637. The number of hydrogen-bond acceptors (Lipinski definition) is 3. The van der Waals surface area contributed by atoms with Gasteiger partial charge < -0.3 is 10.2 Å². The molecule has 2 amide bonds. The Morgan fingerprint density at radius 1 is 1.20 bits per heavy atom. The second-order valence-corrected chi connectivity index (χ2v) is 3.64. The first-order valence-electron chi connectivity index (χ1n) is 5.49. The number of rotatable bonds is 5. The summed E-state index contributed by atoms with van der Waals surface area (Å²) in [5.74, 6) is 0.0310. The molecule has 1 aliphatic rings. The second kappa shape index (κ2) is 6.40. The van der Waals surface area contributed by atoms with Gasteiger partial charge in [0, 0.05) is 19.6 Å². The van der Waals surface area contributed by atoms with E-state index < -0.39 is 0 Å². The van der Waals surface area contributed by atoms with E-state index in [1.54, 1.807) is 0 Å². The molecule has 86 valence electrons. The first kappa shape index (κ1) is 12.0. The zero-order valence-corrected chi connectivity index (χ0v) is 9.21. The van der Waals surface area contributed by atoms with Crippen molar-refractivity contribution in [3.8, 4) is 0 Å². The van der Waals surface area contributed by atoms with E-state index in [1.807, 2.05) is 11.8 Å². The Hall–Kier alpha value is -1.10. The molecule has 0 aromatic carbocycles. The van der Waals surface area contributed by atoms with E-state index in [0.717, 1.165) is 25.9 Å². The summed E-state index contributed by atoms with van der Waals surface area (Å²) in [6.07, 6.45) is 2.20. The molecule has 0 unspecified atom stereocenters. The molecule has 5 nitrogen and oxygen atoms in total. The Morgan fingerprint density at radius 3 is 2.47 bits per heavy atom. The highest BCUT2D eigenvalue weighted by Crippen LogP contribution is 2.06. The minimum absolute atomic E-state index is 0.0632. The van der Waals surface area contributed by atoms with Crippen molar-refractivity contribution in [2.24, 2.45) is 0 Å². The van der Waals surface area contributed by atoms with Crippen LogP contribution in [0, 0.1) is 0 Å². The molecule has 0 aromatic heterocycles. The molecule has 0 spiro atoms. The second-order valence-electron chi connectivity index (χ2n) is 3.64. The van der Waals surface area contributed by atoms with Crippen LogP contribution in [0.1, 0.15) is 19.8 Å². The van der Waals surface area contributed by atoms with Crippen molar-refractivity contribution in [1.29, 1.82) is 0 Å². The lowest BCUT2D eigenvalue weighted by Crippen LogP contribution is -2.40. The van der Waals surface area contributed by atoms with E-state index in [1.165, 1.54) is 0 Å². The monoisotopic (exact) mass is 213 g/mol. The molecule has 1 fully saturated rings. The van der Waals surface area contributed by atoms with E-state index in [0.29, 0.717) is 6.54 Å². The number of hydrogen-bond donors (Lipinski definition) is 2. The third kappa shape index (κ3) is 4.29. The van der Waals surface area contributed by atoms with Crippen molar-refractivity contribution >= 4 is 11.8 Å². The van der Waals surface area contributed by atoms with Crippen LogP contribution >= 0.6 is 0 Å². The standard InChI is InChI=1S/C10H19N3O2/c1-2-12-9(14)7-11-8-10(15)13-5-3-4-6-13/h11H,2-8H2,1H3,(H,12,14). The van der Waals surface area contributed by atoms with E-state index in [-0.39, 0.29) is 24.9 Å². The molecule has 0 radical (unpaired) electrons. The molecule has 0 aromatic rings. The Balaban J connectivity index is 2.08. The molecule has 0 atom stereocenters. The maximum Gasteiger partial charge on any atom is 0.236 e. The highest BCUT2D eigenvalue weighted by atomic mass is 16.2. The molecular weight excluding hydrogens is 194 g/mol. The smallest absolute Gasteiger partial charge is 0.236 e. The van der Waals surface area contributed by atoms with Crippen LogP contribution in [-0.2, 0) is 9.59 Å². The normalized spacial score (nSPS) is 15.4. The van der Waals surface area contributed by atoms with Crippen molar-refractivity contribution in [2.75, 3.05) is 32.7 Å². The highest BCUT2D eigenvalue weighted by Gasteiger charge is 2.17. The molecular formula is C10H19N3O2. The molecule has 1 saturated heterocycles. The largest absolute Gasteiger partial charge is 0.355 e. The third-order valence-corrected chi connectivity index (χ3v) is 2.39. The molecule has 0 saturated carbocycles. The van der Waals surface area contributed by atoms with Crippen molar-refractivity contribution in [1.82, 2.24) is 15.5 Å². The van der Waals surface area contributed by atoms with E-state index >= 15 is 0 Å². The predicted molar refractivity (Wildman–Crippen MR) is 57.4 cm³/mol. The van der Waals surface area contributed by atoms with Gasteiger partial charge in [-0.05, 0) is 19.8 Å². The fourth-order valence-corrected chi connectivity index (χ4v) is 1.62. The van der Waals surface area contributed by atoms with Crippen LogP contribution in [0.25, 0.3) is 0 Å². The number of nitrogens with one attached hydrogen (secondary N) is 2. The van der Waals surface area contributed by atoms with Crippen molar-refractivity contribution in [2.45, 2.75) is 19.8 Å². The first-order chi connectivity index (χ1) is 7.24. The third-order valence-electron chi connectivity index (χ3n) is 2.39. The summed E-state index contributed by atoms with van der Waals surface area (Å²) >= 11 is 0. The SMILES string of the molecule is CCNC(=O)CNCC(=O)N1CCCC1. The first-order valence-corrected chi connectivity index (χ1v) is 5.49. The number of carbonyl (C=O) groups is 2. The Bertz CT molecular complexity index is 225.